The number of carbonyl (C=O) groups is 1. The van der Waals surface area contributed by atoms with Gasteiger partial charge in [-0.3, -0.25) is 4.79 Å². The van der Waals surface area contributed by atoms with E-state index in [1.54, 1.807) is 6.92 Å². The van der Waals surface area contributed by atoms with Crippen LogP contribution in [0.25, 0.3) is 0 Å². The molecule has 1 fully saturated rings. The zero-order valence-corrected chi connectivity index (χ0v) is 12.4. The van der Waals surface area contributed by atoms with E-state index in [-0.39, 0.29) is 0 Å². The van der Waals surface area contributed by atoms with Gasteiger partial charge in [0.15, 0.2) is 6.10 Å². The molecule has 0 aliphatic carbocycles. The van der Waals surface area contributed by atoms with Crippen LogP contribution in [-0.2, 0) is 31.2 Å². The summed E-state index contributed by atoms with van der Waals surface area (Å²) in [4.78, 5) is 10.6. The number of benzene rings is 1. The Bertz CT molecular complexity index is 429. The summed E-state index contributed by atoms with van der Waals surface area (Å²) in [5.74, 6) is -0.983. The first-order chi connectivity index (χ1) is 9.23. The van der Waals surface area contributed by atoms with Crippen LogP contribution in [0, 0.1) is 0 Å². The average molecular weight is 329 g/mol. The lowest BCUT2D eigenvalue weighted by molar-refractivity contribution is -0.230. The number of rotatable bonds is 6. The number of hydrogen-bond acceptors (Lipinski definition) is 4. The van der Waals surface area contributed by atoms with Crippen LogP contribution in [0.1, 0.15) is 18.1 Å². The van der Waals surface area contributed by atoms with E-state index < -0.39 is 11.9 Å². The third kappa shape index (κ3) is 2.99. The number of carbonyl (C=O) groups excluding carboxylic acids is 1. The second-order valence-corrected chi connectivity index (χ2v) is 5.17. The summed E-state index contributed by atoms with van der Waals surface area (Å²) in [5, 5.41) is 0.894. The van der Waals surface area contributed by atoms with Gasteiger partial charge in [-0.05, 0) is 18.9 Å². The minimum atomic E-state index is -0.983. The summed E-state index contributed by atoms with van der Waals surface area (Å²) < 4.78 is 16.6. The molecule has 1 atom stereocenters. The molecule has 1 heterocycles. The minimum Gasteiger partial charge on any atom is -0.459 e. The molecule has 19 heavy (non-hydrogen) atoms. The fourth-order valence-corrected chi connectivity index (χ4v) is 2.75. The van der Waals surface area contributed by atoms with Crippen molar-refractivity contribution in [3.05, 3.63) is 35.4 Å². The van der Waals surface area contributed by atoms with Crippen LogP contribution in [0.2, 0.25) is 0 Å². The summed E-state index contributed by atoms with van der Waals surface area (Å²) in [6.07, 6.45) is 0.430. The van der Waals surface area contributed by atoms with Crippen LogP contribution in [-0.4, -0.2) is 31.1 Å². The van der Waals surface area contributed by atoms with Gasteiger partial charge in [-0.2, -0.15) is 0 Å². The molecule has 0 N–H and O–H groups in total. The van der Waals surface area contributed by atoms with Gasteiger partial charge in [0, 0.05) is 10.9 Å². The Hall–Kier alpha value is -0.910. The highest BCUT2D eigenvalue weighted by Crippen LogP contribution is 2.36. The van der Waals surface area contributed by atoms with Crippen molar-refractivity contribution in [2.24, 2.45) is 0 Å². The molecule has 0 aromatic heterocycles. The average Bonchev–Trinajstić information content (AvgIpc) is 2.90. The Balaban J connectivity index is 2.33. The summed E-state index contributed by atoms with van der Waals surface area (Å²) in [6, 6.07) is 8.00. The lowest BCUT2D eigenvalue weighted by Gasteiger charge is -2.32. The molecule has 1 aromatic rings. The van der Waals surface area contributed by atoms with Gasteiger partial charge in [-0.1, -0.05) is 40.2 Å². The van der Waals surface area contributed by atoms with Crippen LogP contribution >= 0.6 is 15.9 Å². The summed E-state index contributed by atoms with van der Waals surface area (Å²) in [5.41, 5.74) is 2.07. The maximum absolute atomic E-state index is 10.6. The third-order valence-corrected chi connectivity index (χ3v) is 3.62. The molecule has 1 aliphatic heterocycles. The Labute approximate surface area is 121 Å². The predicted molar refractivity (Wildman–Crippen MR) is 74.1 cm³/mol. The number of halogens is 1. The molecule has 5 heteroatoms. The van der Waals surface area contributed by atoms with E-state index in [0.29, 0.717) is 19.7 Å². The molecule has 0 radical (unpaired) electrons. The van der Waals surface area contributed by atoms with Crippen LogP contribution in [0.3, 0.4) is 0 Å². The highest BCUT2D eigenvalue weighted by molar-refractivity contribution is 9.09. The zero-order valence-electron chi connectivity index (χ0n) is 10.8. The van der Waals surface area contributed by atoms with Gasteiger partial charge in [0.25, 0.3) is 6.47 Å². The number of hydrogen-bond donors (Lipinski definition) is 0. The van der Waals surface area contributed by atoms with Crippen molar-refractivity contribution < 1.29 is 19.0 Å². The Morgan fingerprint density at radius 3 is 2.84 bits per heavy atom. The van der Waals surface area contributed by atoms with E-state index >= 15 is 0 Å². The van der Waals surface area contributed by atoms with Crippen LogP contribution in [0.5, 0.6) is 0 Å². The second kappa shape index (κ2) is 6.50. The molecule has 0 amide bonds. The highest BCUT2D eigenvalue weighted by Gasteiger charge is 2.45. The zero-order chi connectivity index (χ0) is 13.7. The molecule has 104 valence electrons. The SMILES string of the molecule is CC(OC=O)C1(c2cccc(CCBr)c2)OCCO1. The van der Waals surface area contributed by atoms with Gasteiger partial charge < -0.3 is 14.2 Å². The first kappa shape index (κ1) is 14.5. The molecule has 0 saturated carbocycles. The Morgan fingerprint density at radius 2 is 2.21 bits per heavy atom. The van der Waals surface area contributed by atoms with Crippen molar-refractivity contribution in [3.63, 3.8) is 0 Å². The Kier molecular flexibility index (Phi) is 4.96. The molecule has 1 aromatic carbocycles. The number of ether oxygens (including phenoxy) is 3. The summed E-state index contributed by atoms with van der Waals surface area (Å²) in [7, 11) is 0. The minimum absolute atomic E-state index is 0.430. The molecular weight excluding hydrogens is 312 g/mol. The van der Waals surface area contributed by atoms with Crippen LogP contribution in [0.15, 0.2) is 24.3 Å². The number of alkyl halides is 1. The van der Waals surface area contributed by atoms with Crippen molar-refractivity contribution in [2.75, 3.05) is 18.5 Å². The van der Waals surface area contributed by atoms with Crippen molar-refractivity contribution >= 4 is 22.4 Å². The molecular formula is C14H17BrO4. The van der Waals surface area contributed by atoms with E-state index in [9.17, 15) is 4.79 Å². The molecule has 1 aliphatic rings. The van der Waals surface area contributed by atoms with Gasteiger partial charge in [-0.15, -0.1) is 0 Å². The lowest BCUT2D eigenvalue weighted by Crippen LogP contribution is -2.40. The first-order valence-electron chi connectivity index (χ1n) is 6.25. The maximum atomic E-state index is 10.6. The van der Waals surface area contributed by atoms with Gasteiger partial charge >= 0.3 is 0 Å². The van der Waals surface area contributed by atoms with Crippen LogP contribution in [0.4, 0.5) is 0 Å². The van der Waals surface area contributed by atoms with E-state index in [2.05, 4.69) is 22.0 Å². The van der Waals surface area contributed by atoms with Crippen LogP contribution < -0.4 is 0 Å². The van der Waals surface area contributed by atoms with Crippen molar-refractivity contribution in [3.8, 4) is 0 Å². The second-order valence-electron chi connectivity index (χ2n) is 4.38. The van der Waals surface area contributed by atoms with E-state index in [4.69, 9.17) is 14.2 Å². The highest BCUT2D eigenvalue weighted by atomic mass is 79.9. The number of aryl methyl sites for hydroxylation is 1. The molecule has 0 bridgehead atoms. The lowest BCUT2D eigenvalue weighted by atomic mass is 9.98. The molecule has 0 spiro atoms. The molecule has 1 unspecified atom stereocenters. The third-order valence-electron chi connectivity index (χ3n) is 3.22. The van der Waals surface area contributed by atoms with Gasteiger partial charge in [-0.25, -0.2) is 0 Å². The van der Waals surface area contributed by atoms with Gasteiger partial charge in [0.2, 0.25) is 5.79 Å². The first-order valence-corrected chi connectivity index (χ1v) is 7.37. The largest absolute Gasteiger partial charge is 0.459 e. The fourth-order valence-electron chi connectivity index (χ4n) is 2.29. The fraction of sp³-hybridized carbons (Fsp3) is 0.500. The summed E-state index contributed by atoms with van der Waals surface area (Å²) >= 11 is 3.43. The quantitative estimate of drug-likeness (QED) is 0.594. The monoisotopic (exact) mass is 328 g/mol. The summed E-state index contributed by atoms with van der Waals surface area (Å²) in [6.45, 7) is 3.20. The normalized spacial score (nSPS) is 19.1. The molecule has 1 saturated heterocycles. The van der Waals surface area contributed by atoms with Crippen molar-refractivity contribution in [1.82, 2.24) is 0 Å². The topological polar surface area (TPSA) is 44.8 Å². The van der Waals surface area contributed by atoms with E-state index in [1.165, 1.54) is 5.56 Å². The van der Waals surface area contributed by atoms with E-state index in [0.717, 1.165) is 17.3 Å². The smallest absolute Gasteiger partial charge is 0.293 e. The van der Waals surface area contributed by atoms with E-state index in [1.807, 2.05) is 18.2 Å². The van der Waals surface area contributed by atoms with Crippen molar-refractivity contribution in [1.29, 1.82) is 0 Å². The molecule has 4 nitrogen and oxygen atoms in total. The van der Waals surface area contributed by atoms with Gasteiger partial charge in [0.1, 0.15) is 0 Å². The molecule has 2 rings (SSSR count). The van der Waals surface area contributed by atoms with Gasteiger partial charge in [0.05, 0.1) is 13.2 Å². The Morgan fingerprint density at radius 1 is 1.47 bits per heavy atom. The maximum Gasteiger partial charge on any atom is 0.293 e. The van der Waals surface area contributed by atoms with Crippen molar-refractivity contribution in [2.45, 2.75) is 25.2 Å². The predicted octanol–water partition coefficient (Wildman–Crippen LogP) is 2.39. The standard InChI is InChI=1S/C14H17BrO4/c1-11(17-10-16)14(18-7-8-19-14)13-4-2-3-12(9-13)5-6-15/h2-4,9-11H,5-8H2,1H3.